The van der Waals surface area contributed by atoms with Crippen molar-refractivity contribution in [2.45, 2.75) is 33.5 Å². The number of hydrogen-bond donors (Lipinski definition) is 0. The van der Waals surface area contributed by atoms with Crippen molar-refractivity contribution in [1.82, 2.24) is 0 Å². The molecule has 0 saturated carbocycles. The highest BCUT2D eigenvalue weighted by atomic mass is 16.5. The Morgan fingerprint density at radius 2 is 1.50 bits per heavy atom. The Bertz CT molecular complexity index is 681. The largest absolute Gasteiger partial charge is 0.493 e. The molecule has 0 unspecified atom stereocenters. The second-order valence-electron chi connectivity index (χ2n) is 4.28. The topological polar surface area (TPSA) is 97.5 Å². The van der Waals surface area contributed by atoms with E-state index in [9.17, 15) is 14.4 Å². The van der Waals surface area contributed by atoms with Crippen LogP contribution < -0.4 is 4.74 Å². The summed E-state index contributed by atoms with van der Waals surface area (Å²) in [5.74, 6) is 0.525. The minimum atomic E-state index is 0.0781. The SMILES string of the molecule is CCOc1c(CN=C=O)cc(CN=C=O)c(C)c1CN=C=O. The third kappa shape index (κ3) is 4.33. The fourth-order valence-electron chi connectivity index (χ4n) is 2.08. The van der Waals surface area contributed by atoms with Gasteiger partial charge in [-0.1, -0.05) is 0 Å². The highest BCUT2D eigenvalue weighted by molar-refractivity contribution is 5.52. The number of nitrogens with zero attached hydrogens (tertiary/aromatic N) is 3. The van der Waals surface area contributed by atoms with Crippen molar-refractivity contribution in [2.75, 3.05) is 6.61 Å². The summed E-state index contributed by atoms with van der Waals surface area (Å²) in [6, 6.07) is 1.76. The number of carbonyl (C=O) groups excluding carboxylic acids is 3. The van der Waals surface area contributed by atoms with E-state index < -0.39 is 0 Å². The van der Waals surface area contributed by atoms with Crippen LogP contribution >= 0.6 is 0 Å². The van der Waals surface area contributed by atoms with E-state index in [0.717, 1.165) is 11.1 Å². The van der Waals surface area contributed by atoms with E-state index in [1.165, 1.54) is 18.2 Å². The molecule has 0 aliphatic rings. The molecule has 1 rings (SSSR count). The number of rotatable bonds is 8. The van der Waals surface area contributed by atoms with Crippen LogP contribution in [0.25, 0.3) is 0 Å². The molecule has 0 N–H and O–H groups in total. The van der Waals surface area contributed by atoms with Crippen molar-refractivity contribution in [1.29, 1.82) is 0 Å². The summed E-state index contributed by atoms with van der Waals surface area (Å²) in [5, 5.41) is 0. The average Bonchev–Trinajstić information content (AvgIpc) is 2.53. The molecule has 0 heterocycles. The maximum absolute atomic E-state index is 10.4. The minimum absolute atomic E-state index is 0.0781. The van der Waals surface area contributed by atoms with Gasteiger partial charge < -0.3 is 4.74 Å². The van der Waals surface area contributed by atoms with Gasteiger partial charge in [0.2, 0.25) is 18.2 Å². The first kappa shape index (κ1) is 17.2. The van der Waals surface area contributed by atoms with E-state index in [4.69, 9.17) is 4.74 Å². The number of ether oxygens (including phenoxy) is 1. The van der Waals surface area contributed by atoms with Crippen molar-refractivity contribution in [2.24, 2.45) is 15.0 Å². The Balaban J connectivity index is 3.52. The Morgan fingerprint density at radius 3 is 2.05 bits per heavy atom. The molecule has 0 spiro atoms. The summed E-state index contributed by atoms with van der Waals surface area (Å²) < 4.78 is 5.61. The van der Waals surface area contributed by atoms with E-state index >= 15 is 0 Å². The molecule has 0 saturated heterocycles. The maximum Gasteiger partial charge on any atom is 0.235 e. The van der Waals surface area contributed by atoms with Crippen molar-refractivity contribution >= 4 is 18.2 Å². The minimum Gasteiger partial charge on any atom is -0.493 e. The van der Waals surface area contributed by atoms with Crippen molar-refractivity contribution in [3.63, 3.8) is 0 Å². The van der Waals surface area contributed by atoms with Gasteiger partial charge in [0.25, 0.3) is 0 Å². The Morgan fingerprint density at radius 1 is 0.955 bits per heavy atom. The monoisotopic (exact) mass is 301 g/mol. The predicted octanol–water partition coefficient (Wildman–Crippen LogP) is 1.90. The molecular formula is C15H15N3O4. The van der Waals surface area contributed by atoms with Crippen molar-refractivity contribution in [3.05, 3.63) is 28.3 Å². The highest BCUT2D eigenvalue weighted by Gasteiger charge is 2.16. The zero-order valence-corrected chi connectivity index (χ0v) is 12.4. The van der Waals surface area contributed by atoms with E-state index in [-0.39, 0.29) is 19.6 Å². The lowest BCUT2D eigenvalue weighted by Gasteiger charge is -2.17. The van der Waals surface area contributed by atoms with Gasteiger partial charge >= 0.3 is 0 Å². The molecule has 0 radical (unpaired) electrons. The maximum atomic E-state index is 10.4. The average molecular weight is 301 g/mol. The molecule has 1 aromatic rings. The van der Waals surface area contributed by atoms with Crippen LogP contribution in [0.4, 0.5) is 0 Å². The van der Waals surface area contributed by atoms with Crippen LogP contribution in [-0.2, 0) is 34.0 Å². The van der Waals surface area contributed by atoms with Gasteiger partial charge in [-0.05, 0) is 31.0 Å². The number of hydrogen-bond acceptors (Lipinski definition) is 7. The second kappa shape index (κ2) is 9.16. The molecule has 1 aromatic carbocycles. The highest BCUT2D eigenvalue weighted by Crippen LogP contribution is 2.32. The smallest absolute Gasteiger partial charge is 0.235 e. The van der Waals surface area contributed by atoms with E-state index in [1.807, 2.05) is 13.8 Å². The summed E-state index contributed by atoms with van der Waals surface area (Å²) in [7, 11) is 0. The van der Waals surface area contributed by atoms with Crippen LogP contribution in [0.5, 0.6) is 5.75 Å². The molecule has 7 heteroatoms. The third-order valence-electron chi connectivity index (χ3n) is 3.07. The van der Waals surface area contributed by atoms with Gasteiger partial charge in [-0.25, -0.2) is 29.4 Å². The molecule has 0 bridgehead atoms. The van der Waals surface area contributed by atoms with E-state index in [2.05, 4.69) is 15.0 Å². The molecule has 0 fully saturated rings. The Hall–Kier alpha value is -2.84. The molecular weight excluding hydrogens is 286 g/mol. The number of aliphatic imine (C=N–C) groups is 3. The lowest BCUT2D eigenvalue weighted by Crippen LogP contribution is -2.05. The lowest BCUT2D eigenvalue weighted by molar-refractivity contribution is 0.332. The molecule has 0 aliphatic heterocycles. The van der Waals surface area contributed by atoms with Gasteiger partial charge in [0.05, 0.1) is 26.2 Å². The molecule has 0 aromatic heterocycles. The van der Waals surface area contributed by atoms with Crippen molar-refractivity contribution in [3.8, 4) is 5.75 Å². The number of benzene rings is 1. The summed E-state index contributed by atoms with van der Waals surface area (Å²) >= 11 is 0. The second-order valence-corrected chi connectivity index (χ2v) is 4.28. The van der Waals surface area contributed by atoms with Gasteiger partial charge in [0, 0.05) is 11.1 Å². The fraction of sp³-hybridized carbons (Fsp3) is 0.400. The van der Waals surface area contributed by atoms with Crippen molar-refractivity contribution < 1.29 is 19.1 Å². The van der Waals surface area contributed by atoms with Crippen LogP contribution in [0.2, 0.25) is 0 Å². The van der Waals surface area contributed by atoms with Gasteiger partial charge in [-0.2, -0.15) is 0 Å². The molecule has 114 valence electrons. The quantitative estimate of drug-likeness (QED) is 0.541. The van der Waals surface area contributed by atoms with Gasteiger partial charge in [0.1, 0.15) is 5.75 Å². The molecule has 0 amide bonds. The van der Waals surface area contributed by atoms with E-state index in [1.54, 1.807) is 6.07 Å². The van der Waals surface area contributed by atoms with Crippen LogP contribution in [0.15, 0.2) is 21.0 Å². The zero-order valence-electron chi connectivity index (χ0n) is 12.4. The molecule has 22 heavy (non-hydrogen) atoms. The van der Waals surface area contributed by atoms with Crippen LogP contribution in [0.1, 0.15) is 29.2 Å². The van der Waals surface area contributed by atoms with Crippen LogP contribution in [0.3, 0.4) is 0 Å². The van der Waals surface area contributed by atoms with Gasteiger partial charge in [-0.3, -0.25) is 0 Å². The first-order valence-corrected chi connectivity index (χ1v) is 6.57. The Labute approximate surface area is 127 Å². The Kier molecular flexibility index (Phi) is 7.17. The third-order valence-corrected chi connectivity index (χ3v) is 3.07. The summed E-state index contributed by atoms with van der Waals surface area (Å²) in [5.41, 5.74) is 2.88. The molecule has 0 aliphatic carbocycles. The zero-order chi connectivity index (χ0) is 16.4. The fourth-order valence-corrected chi connectivity index (χ4v) is 2.08. The standard InChI is InChI=1S/C15H15N3O4/c1-3-22-15-13(6-17-9-20)4-12(5-16-8-19)11(2)14(15)7-18-10-21/h4H,3,5-7H2,1-2H3. The molecule has 0 atom stereocenters. The van der Waals surface area contributed by atoms with Crippen LogP contribution in [0, 0.1) is 6.92 Å². The summed E-state index contributed by atoms with van der Waals surface area (Å²) in [6.07, 6.45) is 4.44. The number of isocyanates is 3. The normalized spacial score (nSPS) is 9.18. The van der Waals surface area contributed by atoms with Gasteiger partial charge in [-0.15, -0.1) is 0 Å². The van der Waals surface area contributed by atoms with Crippen LogP contribution in [-0.4, -0.2) is 24.8 Å². The first-order chi connectivity index (χ1) is 10.7. The lowest BCUT2D eigenvalue weighted by atomic mass is 9.96. The van der Waals surface area contributed by atoms with E-state index in [0.29, 0.717) is 23.5 Å². The van der Waals surface area contributed by atoms with Gasteiger partial charge in [0.15, 0.2) is 0 Å². The summed E-state index contributed by atoms with van der Waals surface area (Å²) in [6.45, 7) is 4.34. The summed E-state index contributed by atoms with van der Waals surface area (Å²) in [4.78, 5) is 41.8. The predicted molar refractivity (Wildman–Crippen MR) is 77.8 cm³/mol. The molecule has 7 nitrogen and oxygen atoms in total. The first-order valence-electron chi connectivity index (χ1n) is 6.57.